The molecule has 6 nitrogen and oxygen atoms in total. The van der Waals surface area contributed by atoms with E-state index < -0.39 is 15.9 Å². The summed E-state index contributed by atoms with van der Waals surface area (Å²) < 4.78 is 48.3. The molecule has 1 fully saturated rings. The first kappa shape index (κ1) is 14.1. The summed E-state index contributed by atoms with van der Waals surface area (Å²) in [7, 11) is -2.24. The first-order chi connectivity index (χ1) is 8.69. The topological polar surface area (TPSA) is 89.2 Å². The van der Waals surface area contributed by atoms with Gasteiger partial charge in [-0.3, -0.25) is 0 Å². The fraction of sp³-hybridized carbons (Fsp3) is 0.600. The highest BCUT2D eigenvalue weighted by atomic mass is 32.2. The first-order valence-corrected chi connectivity index (χ1v) is 7.19. The highest BCUT2D eigenvalue weighted by molar-refractivity contribution is 7.89. The Morgan fingerprint density at radius 3 is 2.42 bits per heavy atom. The van der Waals surface area contributed by atoms with E-state index in [0.29, 0.717) is 6.42 Å². The number of alkyl halides is 2. The fourth-order valence-corrected chi connectivity index (χ4v) is 2.46. The molecule has 2 rings (SSSR count). The van der Waals surface area contributed by atoms with E-state index in [1.807, 2.05) is 0 Å². The Morgan fingerprint density at radius 2 is 2.00 bits per heavy atom. The van der Waals surface area contributed by atoms with Crippen LogP contribution in [0.2, 0.25) is 0 Å². The maximum atomic E-state index is 13.1. The van der Waals surface area contributed by atoms with Crippen molar-refractivity contribution in [3.63, 3.8) is 0 Å². The Balaban J connectivity index is 2.15. The van der Waals surface area contributed by atoms with Gasteiger partial charge in [-0.25, -0.2) is 32.3 Å². The summed E-state index contributed by atoms with van der Waals surface area (Å²) in [6, 6.07) is -0.352. The minimum absolute atomic E-state index is 0.155. The summed E-state index contributed by atoms with van der Waals surface area (Å²) in [5.41, 5.74) is 0. The molecule has 0 radical (unpaired) electrons. The van der Waals surface area contributed by atoms with Crippen LogP contribution in [0.1, 0.15) is 19.3 Å². The van der Waals surface area contributed by atoms with Gasteiger partial charge < -0.3 is 4.90 Å². The molecule has 1 saturated carbocycles. The fourth-order valence-electron chi connectivity index (χ4n) is 2.06. The van der Waals surface area contributed by atoms with E-state index in [4.69, 9.17) is 5.14 Å². The van der Waals surface area contributed by atoms with Crippen LogP contribution in [0, 0.1) is 0 Å². The second-order valence-electron chi connectivity index (χ2n) is 4.63. The quantitative estimate of drug-likeness (QED) is 0.888. The molecule has 1 unspecified atom stereocenters. The number of anilines is 1. The average molecular weight is 292 g/mol. The Labute approximate surface area is 109 Å². The standard InChI is InChI=1S/C10H14F2N4O2S/c1-16(7-2-3-10(11,12)4-7)9-14-5-8(6-15-9)19(13,17)18/h5-7H,2-4H2,1H3,(H2,13,17,18). The molecule has 0 saturated heterocycles. The Kier molecular flexibility index (Phi) is 3.43. The van der Waals surface area contributed by atoms with Crippen LogP contribution in [-0.2, 0) is 10.0 Å². The second-order valence-corrected chi connectivity index (χ2v) is 6.19. The maximum absolute atomic E-state index is 13.1. The lowest BCUT2D eigenvalue weighted by Gasteiger charge is -2.24. The van der Waals surface area contributed by atoms with E-state index in [-0.39, 0.29) is 29.7 Å². The lowest BCUT2D eigenvalue weighted by molar-refractivity contribution is 0.00785. The van der Waals surface area contributed by atoms with Crippen molar-refractivity contribution in [2.75, 3.05) is 11.9 Å². The van der Waals surface area contributed by atoms with Crippen LogP contribution in [0.25, 0.3) is 0 Å². The number of sulfonamides is 1. The molecule has 1 heterocycles. The third kappa shape index (κ3) is 3.16. The Morgan fingerprint density at radius 1 is 1.42 bits per heavy atom. The monoisotopic (exact) mass is 292 g/mol. The Bertz CT molecular complexity index is 561. The summed E-state index contributed by atoms with van der Waals surface area (Å²) in [5.74, 6) is -2.45. The van der Waals surface area contributed by atoms with E-state index in [0.717, 1.165) is 12.4 Å². The predicted octanol–water partition coefficient (Wildman–Crippen LogP) is 0.748. The summed E-state index contributed by atoms with van der Waals surface area (Å²) in [5, 5.41) is 4.92. The van der Waals surface area contributed by atoms with E-state index in [2.05, 4.69) is 9.97 Å². The Hall–Kier alpha value is -1.35. The zero-order valence-corrected chi connectivity index (χ0v) is 11.1. The average Bonchev–Trinajstić information content (AvgIpc) is 2.68. The first-order valence-electron chi connectivity index (χ1n) is 5.64. The smallest absolute Gasteiger partial charge is 0.250 e. The van der Waals surface area contributed by atoms with Gasteiger partial charge in [0.2, 0.25) is 21.9 Å². The lowest BCUT2D eigenvalue weighted by Crippen LogP contribution is -2.32. The van der Waals surface area contributed by atoms with Gasteiger partial charge in [0.15, 0.2) is 0 Å². The van der Waals surface area contributed by atoms with Gasteiger partial charge in [0.05, 0.1) is 12.4 Å². The zero-order valence-electron chi connectivity index (χ0n) is 10.3. The zero-order chi connectivity index (χ0) is 14.3. The minimum atomic E-state index is -3.85. The van der Waals surface area contributed by atoms with Gasteiger partial charge in [0.1, 0.15) is 4.90 Å². The second kappa shape index (κ2) is 4.64. The summed E-state index contributed by atoms with van der Waals surface area (Å²) in [6.07, 6.45) is 2.09. The van der Waals surface area contributed by atoms with Crippen LogP contribution >= 0.6 is 0 Å². The molecule has 19 heavy (non-hydrogen) atoms. The van der Waals surface area contributed by atoms with E-state index in [1.54, 1.807) is 7.05 Å². The van der Waals surface area contributed by atoms with Gasteiger partial charge in [-0.1, -0.05) is 0 Å². The van der Waals surface area contributed by atoms with Crippen molar-refractivity contribution in [2.24, 2.45) is 5.14 Å². The maximum Gasteiger partial charge on any atom is 0.250 e. The minimum Gasteiger partial charge on any atom is -0.341 e. The van der Waals surface area contributed by atoms with Crippen molar-refractivity contribution in [3.8, 4) is 0 Å². The van der Waals surface area contributed by atoms with Gasteiger partial charge >= 0.3 is 0 Å². The van der Waals surface area contributed by atoms with Crippen LogP contribution in [0.15, 0.2) is 17.3 Å². The third-order valence-corrected chi connectivity index (χ3v) is 4.05. The molecule has 0 aromatic carbocycles. The van der Waals surface area contributed by atoms with Crippen molar-refractivity contribution < 1.29 is 17.2 Å². The van der Waals surface area contributed by atoms with Gasteiger partial charge in [-0.05, 0) is 6.42 Å². The highest BCUT2D eigenvalue weighted by Gasteiger charge is 2.41. The molecule has 0 aliphatic heterocycles. The van der Waals surface area contributed by atoms with Crippen LogP contribution in [0.4, 0.5) is 14.7 Å². The molecule has 106 valence electrons. The normalized spacial score (nSPS) is 22.4. The highest BCUT2D eigenvalue weighted by Crippen LogP contribution is 2.37. The summed E-state index contributed by atoms with van der Waals surface area (Å²) in [4.78, 5) is 9.02. The number of hydrogen-bond acceptors (Lipinski definition) is 5. The number of hydrogen-bond donors (Lipinski definition) is 1. The van der Waals surface area contributed by atoms with Gasteiger partial charge in [-0.15, -0.1) is 0 Å². The molecule has 1 aliphatic rings. The summed E-state index contributed by atoms with van der Waals surface area (Å²) >= 11 is 0. The molecule has 1 atom stereocenters. The van der Waals surface area contributed by atoms with Crippen LogP contribution in [0.5, 0.6) is 0 Å². The van der Waals surface area contributed by atoms with Crippen molar-refractivity contribution >= 4 is 16.0 Å². The van der Waals surface area contributed by atoms with Crippen molar-refractivity contribution in [1.29, 1.82) is 0 Å². The molecule has 0 amide bonds. The number of nitrogens with two attached hydrogens (primary N) is 1. The molecule has 9 heteroatoms. The molecule has 1 aromatic rings. The number of halogens is 2. The molecular formula is C10H14F2N4O2S. The molecule has 2 N–H and O–H groups in total. The molecule has 0 spiro atoms. The van der Waals surface area contributed by atoms with E-state index >= 15 is 0 Å². The van der Waals surface area contributed by atoms with Crippen LogP contribution in [0.3, 0.4) is 0 Å². The van der Waals surface area contributed by atoms with Crippen molar-refractivity contribution in [2.45, 2.75) is 36.1 Å². The van der Waals surface area contributed by atoms with Crippen LogP contribution < -0.4 is 10.0 Å². The van der Waals surface area contributed by atoms with Gasteiger partial charge in [-0.2, -0.15) is 0 Å². The number of nitrogens with zero attached hydrogens (tertiary/aromatic N) is 3. The van der Waals surface area contributed by atoms with Gasteiger partial charge in [0.25, 0.3) is 0 Å². The predicted molar refractivity (Wildman–Crippen MR) is 64.4 cm³/mol. The van der Waals surface area contributed by atoms with Crippen molar-refractivity contribution in [1.82, 2.24) is 9.97 Å². The molecular weight excluding hydrogens is 278 g/mol. The molecule has 0 bridgehead atoms. The van der Waals surface area contributed by atoms with E-state index in [1.165, 1.54) is 4.90 Å². The summed E-state index contributed by atoms with van der Waals surface area (Å²) in [6.45, 7) is 0. The number of aromatic nitrogens is 2. The van der Waals surface area contributed by atoms with E-state index in [9.17, 15) is 17.2 Å². The number of rotatable bonds is 3. The SMILES string of the molecule is CN(c1ncc(S(N)(=O)=O)cn1)C1CCC(F)(F)C1. The van der Waals surface area contributed by atoms with Crippen LogP contribution in [-0.4, -0.2) is 37.4 Å². The van der Waals surface area contributed by atoms with Crippen molar-refractivity contribution in [3.05, 3.63) is 12.4 Å². The largest absolute Gasteiger partial charge is 0.341 e. The lowest BCUT2D eigenvalue weighted by atomic mass is 10.2. The van der Waals surface area contributed by atoms with Gasteiger partial charge in [0, 0.05) is 25.9 Å². The molecule has 1 aromatic heterocycles. The number of primary sulfonamides is 1. The molecule has 1 aliphatic carbocycles. The third-order valence-electron chi connectivity index (χ3n) is 3.18.